The van der Waals surface area contributed by atoms with Crippen LogP contribution in [0.2, 0.25) is 0 Å². The maximum atomic E-state index is 12.5. The maximum absolute atomic E-state index is 12.5. The molecule has 0 aromatic carbocycles. The lowest BCUT2D eigenvalue weighted by atomic mass is 9.69. The number of hydrogen-bond donors (Lipinski definition) is 2. The highest BCUT2D eigenvalue weighted by atomic mass is 16.5. The summed E-state index contributed by atoms with van der Waals surface area (Å²) in [5, 5.41) is 6.29. The van der Waals surface area contributed by atoms with Crippen LogP contribution in [0.4, 0.5) is 9.59 Å². The average Bonchev–Trinajstić information content (AvgIpc) is 2.87. The number of carbonyl (C=O) groups excluding carboxylic acids is 2. The molecule has 24 heavy (non-hydrogen) atoms. The molecule has 3 aliphatic rings. The molecular formula is C18H31N3O3. The molecule has 2 N–H and O–H groups in total. The third-order valence-electron chi connectivity index (χ3n) is 7.29. The number of fused-ring (bicyclic) bond motifs is 2. The molecule has 0 spiro atoms. The number of methoxy groups -OCH3 is 1. The molecular weight excluding hydrogens is 306 g/mol. The van der Waals surface area contributed by atoms with E-state index in [0.717, 1.165) is 19.3 Å². The molecule has 0 aromatic rings. The first-order valence-corrected chi connectivity index (χ1v) is 9.18. The van der Waals surface area contributed by atoms with Crippen LogP contribution in [0.1, 0.15) is 52.9 Å². The second kappa shape index (κ2) is 6.12. The molecule has 2 saturated carbocycles. The van der Waals surface area contributed by atoms with Crippen LogP contribution in [-0.4, -0.2) is 49.3 Å². The first-order valence-electron chi connectivity index (χ1n) is 9.18. The van der Waals surface area contributed by atoms with E-state index in [4.69, 9.17) is 4.74 Å². The predicted molar refractivity (Wildman–Crippen MR) is 91.7 cm³/mol. The minimum absolute atomic E-state index is 0.00254. The monoisotopic (exact) mass is 337 g/mol. The van der Waals surface area contributed by atoms with Crippen molar-refractivity contribution in [2.45, 2.75) is 65.0 Å². The highest BCUT2D eigenvalue weighted by molar-refractivity contribution is 5.75. The summed E-state index contributed by atoms with van der Waals surface area (Å²) in [5.41, 5.74) is 0.469. The van der Waals surface area contributed by atoms with Gasteiger partial charge in [-0.3, -0.25) is 0 Å². The van der Waals surface area contributed by atoms with Gasteiger partial charge in [-0.15, -0.1) is 0 Å². The zero-order valence-electron chi connectivity index (χ0n) is 15.4. The topological polar surface area (TPSA) is 70.7 Å². The Hall–Kier alpha value is -1.46. The van der Waals surface area contributed by atoms with Crippen LogP contribution in [0.3, 0.4) is 0 Å². The lowest BCUT2D eigenvalue weighted by Crippen LogP contribution is -2.55. The number of amides is 3. The molecule has 3 fully saturated rings. The Morgan fingerprint density at radius 2 is 1.92 bits per heavy atom. The molecule has 0 aromatic heterocycles. The van der Waals surface area contributed by atoms with Crippen molar-refractivity contribution in [1.29, 1.82) is 0 Å². The van der Waals surface area contributed by atoms with Gasteiger partial charge in [-0.2, -0.15) is 0 Å². The lowest BCUT2D eigenvalue weighted by molar-refractivity contribution is 0.106. The van der Waals surface area contributed by atoms with E-state index in [-0.39, 0.29) is 35.0 Å². The molecule has 4 unspecified atom stereocenters. The minimum Gasteiger partial charge on any atom is -0.453 e. The minimum atomic E-state index is -0.315. The quantitative estimate of drug-likeness (QED) is 0.814. The second-order valence-electron chi connectivity index (χ2n) is 8.54. The highest BCUT2D eigenvalue weighted by Crippen LogP contribution is 2.65. The normalized spacial score (nSPS) is 37.2. The standard InChI is InChI=1S/C18H31N3O3/c1-17(2)12-7-8-18(17,3)14(10-12)20-15(22)19-13-6-5-9-21(11-13)16(23)24-4/h12-14H,5-11H2,1-4H3,(H2,19,20,22). The van der Waals surface area contributed by atoms with E-state index in [2.05, 4.69) is 31.4 Å². The third-order valence-corrected chi connectivity index (χ3v) is 7.29. The molecule has 3 rings (SSSR count). The molecule has 3 amide bonds. The zero-order valence-corrected chi connectivity index (χ0v) is 15.4. The third kappa shape index (κ3) is 2.74. The number of rotatable bonds is 2. The number of likely N-dealkylation sites (tertiary alicyclic amines) is 1. The van der Waals surface area contributed by atoms with Gasteiger partial charge in [0.15, 0.2) is 0 Å². The molecule has 6 heteroatoms. The largest absolute Gasteiger partial charge is 0.453 e. The van der Waals surface area contributed by atoms with Crippen molar-refractivity contribution in [3.8, 4) is 0 Å². The molecule has 1 aliphatic heterocycles. The van der Waals surface area contributed by atoms with E-state index in [0.29, 0.717) is 19.0 Å². The number of nitrogens with zero attached hydrogens (tertiary/aromatic N) is 1. The Bertz CT molecular complexity index is 522. The van der Waals surface area contributed by atoms with Crippen molar-refractivity contribution < 1.29 is 14.3 Å². The van der Waals surface area contributed by atoms with Crippen LogP contribution in [0.25, 0.3) is 0 Å². The van der Waals surface area contributed by atoms with E-state index in [9.17, 15) is 9.59 Å². The van der Waals surface area contributed by atoms with Gasteiger partial charge in [0.25, 0.3) is 0 Å². The average molecular weight is 337 g/mol. The summed E-state index contributed by atoms with van der Waals surface area (Å²) in [6, 6.07) is 0.144. The van der Waals surface area contributed by atoms with Gasteiger partial charge in [-0.05, 0) is 48.9 Å². The van der Waals surface area contributed by atoms with Crippen molar-refractivity contribution in [2.75, 3.05) is 20.2 Å². The number of urea groups is 1. The summed E-state index contributed by atoms with van der Waals surface area (Å²) in [5.74, 6) is 0.706. The molecule has 136 valence electrons. The summed E-state index contributed by atoms with van der Waals surface area (Å²) < 4.78 is 4.78. The molecule has 2 aliphatic carbocycles. The number of ether oxygens (including phenoxy) is 1. The second-order valence-corrected chi connectivity index (χ2v) is 8.54. The first kappa shape index (κ1) is 17.4. The van der Waals surface area contributed by atoms with E-state index in [1.165, 1.54) is 20.0 Å². The van der Waals surface area contributed by atoms with Gasteiger partial charge in [0.05, 0.1) is 7.11 Å². The molecule has 2 bridgehead atoms. The summed E-state index contributed by atoms with van der Waals surface area (Å²) in [6.07, 6.45) is 5.02. The van der Waals surface area contributed by atoms with Crippen molar-refractivity contribution >= 4 is 12.1 Å². The Kier molecular flexibility index (Phi) is 4.43. The Morgan fingerprint density at radius 3 is 2.50 bits per heavy atom. The molecule has 1 saturated heterocycles. The Labute approximate surface area is 144 Å². The fourth-order valence-electron chi connectivity index (χ4n) is 5.20. The summed E-state index contributed by atoms with van der Waals surface area (Å²) >= 11 is 0. The fraction of sp³-hybridized carbons (Fsp3) is 0.889. The Balaban J connectivity index is 1.54. The first-order chi connectivity index (χ1) is 11.3. The maximum Gasteiger partial charge on any atom is 0.409 e. The summed E-state index contributed by atoms with van der Waals surface area (Å²) in [4.78, 5) is 25.8. The van der Waals surface area contributed by atoms with Crippen molar-refractivity contribution in [3.63, 3.8) is 0 Å². The van der Waals surface area contributed by atoms with Gasteiger partial charge in [0.1, 0.15) is 0 Å². The fourth-order valence-corrected chi connectivity index (χ4v) is 5.20. The van der Waals surface area contributed by atoms with E-state index >= 15 is 0 Å². The number of carbonyl (C=O) groups is 2. The van der Waals surface area contributed by atoms with Crippen LogP contribution in [0.5, 0.6) is 0 Å². The van der Waals surface area contributed by atoms with E-state index in [1.807, 2.05) is 0 Å². The van der Waals surface area contributed by atoms with Gasteiger partial charge in [0.2, 0.25) is 0 Å². The van der Waals surface area contributed by atoms with E-state index < -0.39 is 0 Å². The molecule has 4 atom stereocenters. The van der Waals surface area contributed by atoms with Crippen molar-refractivity contribution in [3.05, 3.63) is 0 Å². The molecule has 0 radical (unpaired) electrons. The predicted octanol–water partition coefficient (Wildman–Crippen LogP) is 2.73. The van der Waals surface area contributed by atoms with Gasteiger partial charge in [-0.1, -0.05) is 20.8 Å². The van der Waals surface area contributed by atoms with Crippen LogP contribution in [0, 0.1) is 16.7 Å². The number of nitrogens with one attached hydrogen (secondary N) is 2. The molecule has 1 heterocycles. The smallest absolute Gasteiger partial charge is 0.409 e. The zero-order chi connectivity index (χ0) is 17.5. The Morgan fingerprint density at radius 1 is 1.17 bits per heavy atom. The van der Waals surface area contributed by atoms with Gasteiger partial charge in [0, 0.05) is 25.2 Å². The lowest BCUT2D eigenvalue weighted by Gasteiger charge is -2.40. The van der Waals surface area contributed by atoms with Gasteiger partial charge < -0.3 is 20.3 Å². The van der Waals surface area contributed by atoms with Crippen LogP contribution < -0.4 is 10.6 Å². The van der Waals surface area contributed by atoms with Crippen LogP contribution in [-0.2, 0) is 4.74 Å². The van der Waals surface area contributed by atoms with Gasteiger partial charge in [-0.25, -0.2) is 9.59 Å². The van der Waals surface area contributed by atoms with Crippen LogP contribution in [0.15, 0.2) is 0 Å². The van der Waals surface area contributed by atoms with Crippen LogP contribution >= 0.6 is 0 Å². The SMILES string of the molecule is COC(=O)N1CCCC(NC(=O)NC2CC3CCC2(C)C3(C)C)C1. The van der Waals surface area contributed by atoms with E-state index in [1.54, 1.807) is 4.90 Å². The van der Waals surface area contributed by atoms with Crippen molar-refractivity contribution in [2.24, 2.45) is 16.7 Å². The van der Waals surface area contributed by atoms with Gasteiger partial charge >= 0.3 is 12.1 Å². The number of piperidine rings is 1. The van der Waals surface area contributed by atoms with Crippen molar-refractivity contribution in [1.82, 2.24) is 15.5 Å². The summed E-state index contributed by atoms with van der Waals surface area (Å²) in [7, 11) is 1.39. The summed E-state index contributed by atoms with van der Waals surface area (Å²) in [6.45, 7) is 8.24. The highest BCUT2D eigenvalue weighted by Gasteiger charge is 2.61. The molecule has 6 nitrogen and oxygen atoms in total. The number of hydrogen-bond acceptors (Lipinski definition) is 3.